The Balaban J connectivity index is 2.15. The highest BCUT2D eigenvalue weighted by Gasteiger charge is 2.57. The molecule has 80 valence electrons. The van der Waals surface area contributed by atoms with E-state index < -0.39 is 5.97 Å². The first-order valence-corrected chi connectivity index (χ1v) is 5.54. The SMILES string of the molecule is CC1CCCC2(C1)C(N)CC2C(=O)O. The van der Waals surface area contributed by atoms with Crippen LogP contribution in [-0.2, 0) is 4.79 Å². The van der Waals surface area contributed by atoms with E-state index in [9.17, 15) is 4.79 Å². The second-order valence-electron chi connectivity index (χ2n) is 5.17. The van der Waals surface area contributed by atoms with Crippen LogP contribution < -0.4 is 5.73 Å². The van der Waals surface area contributed by atoms with E-state index in [0.29, 0.717) is 12.3 Å². The topological polar surface area (TPSA) is 63.3 Å². The van der Waals surface area contributed by atoms with Gasteiger partial charge in [-0.15, -0.1) is 0 Å². The van der Waals surface area contributed by atoms with E-state index >= 15 is 0 Å². The second-order valence-corrected chi connectivity index (χ2v) is 5.17. The van der Waals surface area contributed by atoms with Crippen molar-refractivity contribution in [2.24, 2.45) is 23.0 Å². The molecule has 3 heteroatoms. The summed E-state index contributed by atoms with van der Waals surface area (Å²) in [5, 5.41) is 9.10. The minimum Gasteiger partial charge on any atom is -0.481 e. The maximum Gasteiger partial charge on any atom is 0.307 e. The molecule has 0 radical (unpaired) electrons. The van der Waals surface area contributed by atoms with Gasteiger partial charge in [-0.3, -0.25) is 4.79 Å². The molecular formula is C11H19NO2. The van der Waals surface area contributed by atoms with Gasteiger partial charge in [-0.1, -0.05) is 19.8 Å². The normalized spacial score (nSPS) is 47.4. The fraction of sp³-hybridized carbons (Fsp3) is 0.909. The van der Waals surface area contributed by atoms with Crippen molar-refractivity contribution >= 4 is 5.97 Å². The molecule has 0 amide bonds. The molecule has 2 aliphatic carbocycles. The minimum absolute atomic E-state index is 0.0521. The molecule has 4 atom stereocenters. The van der Waals surface area contributed by atoms with Crippen molar-refractivity contribution in [3.05, 3.63) is 0 Å². The molecule has 2 aliphatic rings. The van der Waals surface area contributed by atoms with Crippen molar-refractivity contribution in [1.29, 1.82) is 0 Å². The van der Waals surface area contributed by atoms with Gasteiger partial charge in [0.15, 0.2) is 0 Å². The Morgan fingerprint density at radius 2 is 2.29 bits per heavy atom. The van der Waals surface area contributed by atoms with E-state index in [0.717, 1.165) is 19.3 Å². The molecule has 2 rings (SSSR count). The number of rotatable bonds is 1. The average molecular weight is 197 g/mol. The van der Waals surface area contributed by atoms with Gasteiger partial charge >= 0.3 is 5.97 Å². The molecule has 0 aromatic heterocycles. The molecule has 2 saturated carbocycles. The summed E-state index contributed by atoms with van der Waals surface area (Å²) >= 11 is 0. The zero-order valence-electron chi connectivity index (χ0n) is 8.70. The number of nitrogens with two attached hydrogens (primary N) is 1. The van der Waals surface area contributed by atoms with Gasteiger partial charge in [-0.25, -0.2) is 0 Å². The zero-order valence-corrected chi connectivity index (χ0v) is 8.70. The van der Waals surface area contributed by atoms with Crippen LogP contribution >= 0.6 is 0 Å². The van der Waals surface area contributed by atoms with Gasteiger partial charge in [-0.05, 0) is 30.6 Å². The monoisotopic (exact) mass is 197 g/mol. The summed E-state index contributed by atoms with van der Waals surface area (Å²) in [7, 11) is 0. The fourth-order valence-corrected chi connectivity index (χ4v) is 3.45. The molecule has 3 nitrogen and oxygen atoms in total. The maximum absolute atomic E-state index is 11.1. The maximum atomic E-state index is 11.1. The van der Waals surface area contributed by atoms with Crippen LogP contribution in [0.4, 0.5) is 0 Å². The molecule has 0 saturated heterocycles. The lowest BCUT2D eigenvalue weighted by molar-refractivity contribution is -0.161. The Kier molecular flexibility index (Phi) is 2.30. The van der Waals surface area contributed by atoms with Gasteiger partial charge in [0.05, 0.1) is 5.92 Å². The van der Waals surface area contributed by atoms with Gasteiger partial charge < -0.3 is 10.8 Å². The molecule has 1 spiro atoms. The van der Waals surface area contributed by atoms with Crippen LogP contribution in [-0.4, -0.2) is 17.1 Å². The summed E-state index contributed by atoms with van der Waals surface area (Å²) in [4.78, 5) is 11.1. The number of aliphatic carboxylic acids is 1. The van der Waals surface area contributed by atoms with Crippen molar-refractivity contribution in [3.8, 4) is 0 Å². The summed E-state index contributed by atoms with van der Waals surface area (Å²) < 4.78 is 0. The van der Waals surface area contributed by atoms with E-state index in [1.165, 1.54) is 6.42 Å². The highest BCUT2D eigenvalue weighted by atomic mass is 16.4. The number of hydrogen-bond acceptors (Lipinski definition) is 2. The van der Waals surface area contributed by atoms with Crippen LogP contribution in [0.25, 0.3) is 0 Å². The summed E-state index contributed by atoms with van der Waals surface area (Å²) in [6.45, 7) is 2.21. The highest BCUT2D eigenvalue weighted by molar-refractivity contribution is 5.73. The standard InChI is InChI=1S/C11H19NO2/c1-7-3-2-4-11(6-7)8(10(13)14)5-9(11)12/h7-9H,2-6,12H2,1H3,(H,13,14). The van der Waals surface area contributed by atoms with Gasteiger partial charge in [0.25, 0.3) is 0 Å². The van der Waals surface area contributed by atoms with E-state index in [1.807, 2.05) is 0 Å². The number of carbonyl (C=O) groups is 1. The van der Waals surface area contributed by atoms with Crippen molar-refractivity contribution in [2.75, 3.05) is 0 Å². The van der Waals surface area contributed by atoms with Crippen molar-refractivity contribution < 1.29 is 9.90 Å². The Bertz CT molecular complexity index is 254. The van der Waals surface area contributed by atoms with Crippen LogP contribution in [0.1, 0.15) is 39.0 Å². The lowest BCUT2D eigenvalue weighted by atomic mass is 9.49. The van der Waals surface area contributed by atoms with Crippen LogP contribution in [0, 0.1) is 17.3 Å². The third-order valence-electron chi connectivity index (χ3n) is 4.29. The van der Waals surface area contributed by atoms with Crippen molar-refractivity contribution in [2.45, 2.75) is 45.1 Å². The first-order valence-electron chi connectivity index (χ1n) is 5.54. The predicted octanol–water partition coefficient (Wildman–Crippen LogP) is 1.61. The predicted molar refractivity (Wildman–Crippen MR) is 53.8 cm³/mol. The summed E-state index contributed by atoms with van der Waals surface area (Å²) in [5.41, 5.74) is 5.96. The summed E-state index contributed by atoms with van der Waals surface area (Å²) in [5.74, 6) is -0.155. The fourth-order valence-electron chi connectivity index (χ4n) is 3.45. The number of hydrogen-bond donors (Lipinski definition) is 2. The molecule has 0 aromatic rings. The molecule has 14 heavy (non-hydrogen) atoms. The Morgan fingerprint density at radius 1 is 1.57 bits per heavy atom. The van der Waals surface area contributed by atoms with Crippen LogP contribution in [0.3, 0.4) is 0 Å². The molecule has 0 heterocycles. The van der Waals surface area contributed by atoms with Gasteiger partial charge in [0, 0.05) is 6.04 Å². The quantitative estimate of drug-likeness (QED) is 0.671. The Labute approximate surface area is 84.7 Å². The van der Waals surface area contributed by atoms with E-state index in [-0.39, 0.29) is 17.4 Å². The first kappa shape index (κ1) is 9.97. The number of carboxylic acid groups (broad SMARTS) is 1. The second kappa shape index (κ2) is 3.23. The molecule has 3 N–H and O–H groups in total. The average Bonchev–Trinajstić information content (AvgIpc) is 2.13. The van der Waals surface area contributed by atoms with E-state index in [2.05, 4.69) is 6.92 Å². The lowest BCUT2D eigenvalue weighted by Crippen LogP contribution is -2.61. The van der Waals surface area contributed by atoms with E-state index in [4.69, 9.17) is 10.8 Å². The number of carboxylic acids is 1. The van der Waals surface area contributed by atoms with E-state index in [1.54, 1.807) is 0 Å². The Hall–Kier alpha value is -0.570. The third kappa shape index (κ3) is 1.26. The lowest BCUT2D eigenvalue weighted by Gasteiger charge is -2.56. The third-order valence-corrected chi connectivity index (χ3v) is 4.29. The van der Waals surface area contributed by atoms with Gasteiger partial charge in [0.2, 0.25) is 0 Å². The van der Waals surface area contributed by atoms with Crippen molar-refractivity contribution in [3.63, 3.8) is 0 Å². The first-order chi connectivity index (χ1) is 6.56. The van der Waals surface area contributed by atoms with Gasteiger partial charge in [0.1, 0.15) is 0 Å². The smallest absolute Gasteiger partial charge is 0.307 e. The van der Waals surface area contributed by atoms with Crippen LogP contribution in [0.2, 0.25) is 0 Å². The van der Waals surface area contributed by atoms with Crippen LogP contribution in [0.15, 0.2) is 0 Å². The molecule has 4 unspecified atom stereocenters. The zero-order chi connectivity index (χ0) is 10.3. The van der Waals surface area contributed by atoms with Crippen molar-refractivity contribution in [1.82, 2.24) is 0 Å². The summed E-state index contributed by atoms with van der Waals surface area (Å²) in [6.07, 6.45) is 5.11. The highest BCUT2D eigenvalue weighted by Crippen LogP contribution is 2.56. The molecule has 0 aromatic carbocycles. The largest absolute Gasteiger partial charge is 0.481 e. The van der Waals surface area contributed by atoms with Crippen LogP contribution in [0.5, 0.6) is 0 Å². The molecular weight excluding hydrogens is 178 g/mol. The molecule has 0 bridgehead atoms. The minimum atomic E-state index is -0.638. The summed E-state index contributed by atoms with van der Waals surface area (Å²) in [6, 6.07) is 0.131. The Morgan fingerprint density at radius 3 is 2.79 bits per heavy atom. The molecule has 0 aliphatic heterocycles. The van der Waals surface area contributed by atoms with Gasteiger partial charge in [-0.2, -0.15) is 0 Å². The molecule has 2 fully saturated rings.